The fraction of sp³-hybridized carbons (Fsp3) is 0.471. The van der Waals surface area contributed by atoms with E-state index >= 15 is 0 Å². The Labute approximate surface area is 130 Å². The summed E-state index contributed by atoms with van der Waals surface area (Å²) in [5.74, 6) is 0. The summed E-state index contributed by atoms with van der Waals surface area (Å²) in [6.07, 6.45) is 2.84. The normalized spacial score (nSPS) is 20.8. The highest BCUT2D eigenvalue weighted by Crippen LogP contribution is 2.28. The number of nitrogens with zero attached hydrogens (tertiary/aromatic N) is 2. The molecule has 3 rings (SSSR count). The number of aliphatic hydroxyl groups is 1. The first-order valence-electron chi connectivity index (χ1n) is 7.60. The summed E-state index contributed by atoms with van der Waals surface area (Å²) in [7, 11) is 0. The van der Waals surface area contributed by atoms with Crippen molar-refractivity contribution in [3.8, 4) is 0 Å². The number of aryl methyl sites for hydroxylation is 1. The van der Waals surface area contributed by atoms with Crippen molar-refractivity contribution >= 4 is 11.3 Å². The number of hydrogen-bond donors (Lipinski definition) is 1. The summed E-state index contributed by atoms with van der Waals surface area (Å²) < 4.78 is 0. The summed E-state index contributed by atoms with van der Waals surface area (Å²) in [6, 6.07) is 10.4. The van der Waals surface area contributed by atoms with Gasteiger partial charge < -0.3 is 5.11 Å². The monoisotopic (exact) mass is 302 g/mol. The van der Waals surface area contributed by atoms with Gasteiger partial charge in [-0.25, -0.2) is 4.98 Å². The second-order valence-electron chi connectivity index (χ2n) is 5.79. The van der Waals surface area contributed by atoms with Gasteiger partial charge in [0.1, 0.15) is 0 Å². The topological polar surface area (TPSA) is 36.4 Å². The fourth-order valence-electron chi connectivity index (χ4n) is 3.13. The standard InChI is InChI=1S/C17H22N2OS/c1-13-18-15(12-21-13)11-19-9-5-8-16(19)10-17(20)14-6-3-2-4-7-14/h2-4,6-7,12,16-17,20H,5,8-11H2,1H3. The van der Waals surface area contributed by atoms with E-state index < -0.39 is 0 Å². The maximum atomic E-state index is 10.4. The summed E-state index contributed by atoms with van der Waals surface area (Å²) in [5.41, 5.74) is 2.19. The van der Waals surface area contributed by atoms with Gasteiger partial charge in [0.15, 0.2) is 0 Å². The lowest BCUT2D eigenvalue weighted by Crippen LogP contribution is -2.30. The molecule has 0 bridgehead atoms. The van der Waals surface area contributed by atoms with Gasteiger partial charge in [0, 0.05) is 18.0 Å². The molecule has 0 amide bonds. The number of likely N-dealkylation sites (tertiary alicyclic amines) is 1. The predicted molar refractivity (Wildman–Crippen MR) is 86.3 cm³/mol. The molecule has 1 aliphatic heterocycles. The van der Waals surface area contributed by atoms with Crippen LogP contribution in [0.4, 0.5) is 0 Å². The molecule has 2 heterocycles. The molecule has 1 N–H and O–H groups in total. The Hall–Kier alpha value is -1.23. The van der Waals surface area contributed by atoms with E-state index in [2.05, 4.69) is 22.2 Å². The zero-order valence-corrected chi connectivity index (χ0v) is 13.2. The minimum absolute atomic E-state index is 0.367. The molecule has 1 aromatic carbocycles. The maximum absolute atomic E-state index is 10.4. The van der Waals surface area contributed by atoms with Crippen LogP contribution in [0.2, 0.25) is 0 Å². The largest absolute Gasteiger partial charge is 0.388 e. The molecule has 1 aromatic heterocycles. The smallest absolute Gasteiger partial charge is 0.0897 e. The first-order valence-corrected chi connectivity index (χ1v) is 8.48. The highest BCUT2D eigenvalue weighted by atomic mass is 32.1. The third kappa shape index (κ3) is 3.70. The van der Waals surface area contributed by atoms with Crippen LogP contribution in [0.25, 0.3) is 0 Å². The highest BCUT2D eigenvalue weighted by Gasteiger charge is 2.27. The van der Waals surface area contributed by atoms with Crippen LogP contribution < -0.4 is 0 Å². The van der Waals surface area contributed by atoms with Crippen LogP contribution in [0.5, 0.6) is 0 Å². The molecule has 112 valence electrons. The summed E-state index contributed by atoms with van der Waals surface area (Å²) in [6.45, 7) is 4.08. The van der Waals surface area contributed by atoms with E-state index in [0.717, 1.165) is 30.1 Å². The van der Waals surface area contributed by atoms with Crippen LogP contribution >= 0.6 is 11.3 Å². The first kappa shape index (κ1) is 14.7. The van der Waals surface area contributed by atoms with Crippen molar-refractivity contribution in [1.82, 2.24) is 9.88 Å². The second-order valence-corrected chi connectivity index (χ2v) is 6.85. The average molecular weight is 302 g/mol. The molecular weight excluding hydrogens is 280 g/mol. The number of benzene rings is 1. The molecule has 21 heavy (non-hydrogen) atoms. The lowest BCUT2D eigenvalue weighted by molar-refractivity contribution is 0.117. The zero-order chi connectivity index (χ0) is 14.7. The summed E-state index contributed by atoms with van der Waals surface area (Å²) in [4.78, 5) is 7.03. The molecule has 0 radical (unpaired) electrons. The minimum Gasteiger partial charge on any atom is -0.388 e. The van der Waals surface area contributed by atoms with Crippen LogP contribution in [0.1, 0.15) is 41.6 Å². The molecule has 0 aliphatic carbocycles. The first-order chi connectivity index (χ1) is 10.2. The molecule has 4 heteroatoms. The highest BCUT2D eigenvalue weighted by molar-refractivity contribution is 7.09. The van der Waals surface area contributed by atoms with Crippen molar-refractivity contribution < 1.29 is 5.11 Å². The van der Waals surface area contributed by atoms with Crippen LogP contribution in [-0.2, 0) is 6.54 Å². The van der Waals surface area contributed by atoms with Crippen molar-refractivity contribution in [1.29, 1.82) is 0 Å². The Morgan fingerprint density at radius 2 is 2.19 bits per heavy atom. The van der Waals surface area contributed by atoms with Crippen LogP contribution in [-0.4, -0.2) is 27.6 Å². The Morgan fingerprint density at radius 3 is 2.90 bits per heavy atom. The van der Waals surface area contributed by atoms with Gasteiger partial charge in [0.2, 0.25) is 0 Å². The average Bonchev–Trinajstić information content (AvgIpc) is 3.10. The van der Waals surface area contributed by atoms with Crippen molar-refractivity contribution in [3.05, 3.63) is 52.0 Å². The van der Waals surface area contributed by atoms with Gasteiger partial charge in [-0.15, -0.1) is 11.3 Å². The molecule has 1 saturated heterocycles. The number of thiazole rings is 1. The number of aromatic nitrogens is 1. The minimum atomic E-state index is -0.367. The molecule has 3 nitrogen and oxygen atoms in total. The SMILES string of the molecule is Cc1nc(CN2CCCC2CC(O)c2ccccc2)cs1. The van der Waals surface area contributed by atoms with Crippen molar-refractivity contribution in [2.75, 3.05) is 6.54 Å². The van der Waals surface area contributed by atoms with Gasteiger partial charge in [-0.2, -0.15) is 0 Å². The Kier molecular flexibility index (Phi) is 4.68. The van der Waals surface area contributed by atoms with Gasteiger partial charge in [-0.1, -0.05) is 30.3 Å². The Balaban J connectivity index is 1.61. The van der Waals surface area contributed by atoms with Gasteiger partial charge in [0.05, 0.1) is 16.8 Å². The van der Waals surface area contributed by atoms with Crippen molar-refractivity contribution in [3.63, 3.8) is 0 Å². The van der Waals surface area contributed by atoms with Gasteiger partial charge >= 0.3 is 0 Å². The second kappa shape index (κ2) is 6.69. The Bertz CT molecular complexity index is 569. The Morgan fingerprint density at radius 1 is 1.38 bits per heavy atom. The van der Waals surface area contributed by atoms with E-state index in [1.165, 1.54) is 18.5 Å². The predicted octanol–water partition coefficient (Wildman–Crippen LogP) is 3.54. The van der Waals surface area contributed by atoms with E-state index in [0.29, 0.717) is 6.04 Å². The number of rotatable bonds is 5. The molecule has 0 saturated carbocycles. The van der Waals surface area contributed by atoms with E-state index in [1.54, 1.807) is 11.3 Å². The molecule has 2 aromatic rings. The lowest BCUT2D eigenvalue weighted by atomic mass is 10.0. The molecule has 1 aliphatic rings. The maximum Gasteiger partial charge on any atom is 0.0897 e. The summed E-state index contributed by atoms with van der Waals surface area (Å²) >= 11 is 1.71. The van der Waals surface area contributed by atoms with Crippen molar-refractivity contribution in [2.24, 2.45) is 0 Å². The summed E-state index contributed by atoms with van der Waals surface area (Å²) in [5, 5.41) is 13.7. The van der Waals surface area contributed by atoms with Crippen LogP contribution in [0.15, 0.2) is 35.7 Å². The van der Waals surface area contributed by atoms with Crippen LogP contribution in [0.3, 0.4) is 0 Å². The van der Waals surface area contributed by atoms with Crippen molar-refractivity contribution in [2.45, 2.75) is 44.9 Å². The zero-order valence-electron chi connectivity index (χ0n) is 12.4. The third-order valence-electron chi connectivity index (χ3n) is 4.21. The molecule has 2 unspecified atom stereocenters. The molecule has 1 fully saturated rings. The van der Waals surface area contributed by atoms with Gasteiger partial charge in [-0.05, 0) is 38.3 Å². The van der Waals surface area contributed by atoms with Gasteiger partial charge in [0.25, 0.3) is 0 Å². The molecule has 2 atom stereocenters. The lowest BCUT2D eigenvalue weighted by Gasteiger charge is -2.25. The van der Waals surface area contributed by atoms with E-state index in [-0.39, 0.29) is 6.10 Å². The molecular formula is C17H22N2OS. The van der Waals surface area contributed by atoms with E-state index in [1.807, 2.05) is 30.3 Å². The fourth-order valence-corrected chi connectivity index (χ4v) is 3.73. The quantitative estimate of drug-likeness (QED) is 0.918. The number of hydrogen-bond acceptors (Lipinski definition) is 4. The van der Waals surface area contributed by atoms with Gasteiger partial charge in [-0.3, -0.25) is 4.90 Å². The van der Waals surface area contributed by atoms with E-state index in [4.69, 9.17) is 0 Å². The third-order valence-corrected chi connectivity index (χ3v) is 5.03. The number of aliphatic hydroxyl groups excluding tert-OH is 1. The van der Waals surface area contributed by atoms with E-state index in [9.17, 15) is 5.11 Å². The van der Waals surface area contributed by atoms with Crippen LogP contribution in [0, 0.1) is 6.92 Å². The molecule has 0 spiro atoms.